The number of thioether (sulfide) groups is 1. The summed E-state index contributed by atoms with van der Waals surface area (Å²) >= 11 is 1.51. The fourth-order valence-corrected chi connectivity index (χ4v) is 3.79. The van der Waals surface area contributed by atoms with Gasteiger partial charge in [-0.05, 0) is 56.5 Å². The maximum Gasteiger partial charge on any atom is 0.329 e. The van der Waals surface area contributed by atoms with Crippen LogP contribution >= 0.6 is 11.8 Å². The van der Waals surface area contributed by atoms with Crippen LogP contribution in [0, 0.1) is 0 Å². The topological polar surface area (TPSA) is 118 Å². The smallest absolute Gasteiger partial charge is 0.329 e. The number of anilines is 2. The fraction of sp³-hybridized carbons (Fsp3) is 0.364. The maximum absolute atomic E-state index is 13.0. The molecule has 1 aliphatic heterocycles. The van der Waals surface area contributed by atoms with E-state index in [0.717, 1.165) is 0 Å². The average molecular weight is 460 g/mol. The lowest BCUT2D eigenvalue weighted by molar-refractivity contribution is -0.150. The molecule has 2 aromatic rings. The lowest BCUT2D eigenvalue weighted by Gasteiger charge is -2.41. The number of hydrogen-bond donors (Lipinski definition) is 2. The summed E-state index contributed by atoms with van der Waals surface area (Å²) in [7, 11) is 0. The standard InChI is InChI=1S/C22H25N3O6S/c1-22(2)21(29)24-14-7-4-5-8-16(14)25(22)18(26)13-31-20(28)15(10-12-32-3)23-19(27)17-9-6-11-30-17/h4-9,11,15H,10,12-13H2,1-3H3,(H,23,27)(H,24,29)/t15-/m0/s1. The first-order valence-corrected chi connectivity index (χ1v) is 11.4. The monoisotopic (exact) mass is 459 g/mol. The van der Waals surface area contributed by atoms with Crippen molar-refractivity contribution in [3.63, 3.8) is 0 Å². The minimum absolute atomic E-state index is 0.0701. The molecule has 2 heterocycles. The molecule has 0 saturated carbocycles. The second-order valence-corrected chi connectivity index (χ2v) is 8.64. The normalized spacial score (nSPS) is 15.3. The first-order valence-electron chi connectivity index (χ1n) is 9.99. The summed E-state index contributed by atoms with van der Waals surface area (Å²) in [6.07, 6.45) is 3.56. The van der Waals surface area contributed by atoms with Crippen molar-refractivity contribution in [2.45, 2.75) is 31.8 Å². The maximum atomic E-state index is 13.0. The Morgan fingerprint density at radius 2 is 1.97 bits per heavy atom. The third-order valence-corrected chi connectivity index (χ3v) is 5.68. The number of furan rings is 1. The number of ether oxygens (including phenoxy) is 1. The van der Waals surface area contributed by atoms with E-state index in [-0.39, 0.29) is 11.7 Å². The van der Waals surface area contributed by atoms with Crippen molar-refractivity contribution < 1.29 is 28.3 Å². The second-order valence-electron chi connectivity index (χ2n) is 7.65. The Bertz CT molecular complexity index is 1000. The molecule has 3 rings (SSSR count). The summed E-state index contributed by atoms with van der Waals surface area (Å²) in [6.45, 7) is 2.65. The molecule has 0 bridgehead atoms. The van der Waals surface area contributed by atoms with E-state index < -0.39 is 36.0 Å². The number of hydrogen-bond acceptors (Lipinski definition) is 7. The Kier molecular flexibility index (Phi) is 7.24. The fourth-order valence-electron chi connectivity index (χ4n) is 3.32. The highest BCUT2D eigenvalue weighted by molar-refractivity contribution is 7.98. The number of benzene rings is 1. The number of amides is 3. The molecular weight excluding hydrogens is 434 g/mol. The van der Waals surface area contributed by atoms with Gasteiger partial charge in [-0.25, -0.2) is 4.79 Å². The molecule has 9 nitrogen and oxygen atoms in total. The van der Waals surface area contributed by atoms with Gasteiger partial charge >= 0.3 is 5.97 Å². The van der Waals surface area contributed by atoms with Gasteiger partial charge in [0.1, 0.15) is 11.6 Å². The zero-order valence-corrected chi connectivity index (χ0v) is 18.9. The van der Waals surface area contributed by atoms with E-state index in [9.17, 15) is 19.2 Å². The summed E-state index contributed by atoms with van der Waals surface area (Å²) < 4.78 is 10.3. The van der Waals surface area contributed by atoms with E-state index in [1.54, 1.807) is 44.2 Å². The van der Waals surface area contributed by atoms with Gasteiger partial charge in [-0.2, -0.15) is 11.8 Å². The van der Waals surface area contributed by atoms with Gasteiger partial charge in [0.05, 0.1) is 17.6 Å². The molecule has 170 valence electrons. The zero-order valence-electron chi connectivity index (χ0n) is 18.0. The third-order valence-electron chi connectivity index (χ3n) is 5.04. The molecule has 1 atom stereocenters. The van der Waals surface area contributed by atoms with Crippen molar-refractivity contribution in [1.29, 1.82) is 0 Å². The van der Waals surface area contributed by atoms with Crippen LogP contribution in [0.3, 0.4) is 0 Å². The van der Waals surface area contributed by atoms with Crippen LogP contribution in [-0.4, -0.2) is 53.9 Å². The van der Waals surface area contributed by atoms with Gasteiger partial charge in [-0.1, -0.05) is 12.1 Å². The quantitative estimate of drug-likeness (QED) is 0.582. The number of para-hydroxylation sites is 2. The highest BCUT2D eigenvalue weighted by Crippen LogP contribution is 2.36. The van der Waals surface area contributed by atoms with E-state index >= 15 is 0 Å². The Balaban J connectivity index is 1.70. The summed E-state index contributed by atoms with van der Waals surface area (Å²) in [5.41, 5.74) is -0.160. The molecule has 32 heavy (non-hydrogen) atoms. The molecule has 0 radical (unpaired) electrons. The minimum Gasteiger partial charge on any atom is -0.459 e. The highest BCUT2D eigenvalue weighted by Gasteiger charge is 2.43. The van der Waals surface area contributed by atoms with Gasteiger partial charge in [0.2, 0.25) is 5.91 Å². The number of carbonyl (C=O) groups is 4. The molecule has 1 aromatic heterocycles. The van der Waals surface area contributed by atoms with E-state index in [1.165, 1.54) is 29.0 Å². The largest absolute Gasteiger partial charge is 0.459 e. The van der Waals surface area contributed by atoms with Crippen molar-refractivity contribution in [3.8, 4) is 0 Å². The second kappa shape index (κ2) is 9.90. The van der Waals surface area contributed by atoms with Crippen LogP contribution in [0.15, 0.2) is 47.1 Å². The predicted molar refractivity (Wildman–Crippen MR) is 121 cm³/mol. The summed E-state index contributed by atoms with van der Waals surface area (Å²) in [4.78, 5) is 51.9. The predicted octanol–water partition coefficient (Wildman–Crippen LogP) is 2.44. The lowest BCUT2D eigenvalue weighted by atomic mass is 9.96. The van der Waals surface area contributed by atoms with Crippen LogP contribution in [0.1, 0.15) is 30.8 Å². The highest BCUT2D eigenvalue weighted by atomic mass is 32.2. The molecule has 0 unspecified atom stereocenters. The molecule has 0 saturated heterocycles. The first-order chi connectivity index (χ1) is 15.3. The number of nitrogens with zero attached hydrogens (tertiary/aromatic N) is 1. The lowest BCUT2D eigenvalue weighted by Crippen LogP contribution is -2.59. The molecule has 10 heteroatoms. The molecule has 0 aliphatic carbocycles. The van der Waals surface area contributed by atoms with Crippen LogP contribution in [0.2, 0.25) is 0 Å². The van der Waals surface area contributed by atoms with Crippen molar-refractivity contribution in [1.82, 2.24) is 5.32 Å². The van der Waals surface area contributed by atoms with Gasteiger partial charge in [-0.15, -0.1) is 0 Å². The Morgan fingerprint density at radius 3 is 2.66 bits per heavy atom. The number of rotatable bonds is 8. The molecular formula is C22H25N3O6S. The number of nitrogens with one attached hydrogen (secondary N) is 2. The minimum atomic E-state index is -1.18. The van der Waals surface area contributed by atoms with Gasteiger partial charge in [0, 0.05) is 0 Å². The first kappa shape index (κ1) is 23.4. The summed E-state index contributed by atoms with van der Waals surface area (Å²) in [5.74, 6) is -1.52. The van der Waals surface area contributed by atoms with E-state index in [1.807, 2.05) is 6.26 Å². The van der Waals surface area contributed by atoms with Crippen LogP contribution in [0.25, 0.3) is 0 Å². The van der Waals surface area contributed by atoms with E-state index in [0.29, 0.717) is 23.5 Å². The van der Waals surface area contributed by atoms with Crippen molar-refractivity contribution >= 4 is 46.8 Å². The van der Waals surface area contributed by atoms with Crippen LogP contribution in [-0.2, 0) is 19.1 Å². The average Bonchev–Trinajstić information content (AvgIpc) is 3.30. The number of esters is 1. The molecule has 0 fully saturated rings. The Morgan fingerprint density at radius 1 is 1.22 bits per heavy atom. The summed E-state index contributed by atoms with van der Waals surface area (Å²) in [6, 6.07) is 9.00. The molecule has 0 spiro atoms. The third kappa shape index (κ3) is 4.96. The van der Waals surface area contributed by atoms with Crippen LogP contribution in [0.4, 0.5) is 11.4 Å². The molecule has 1 aliphatic rings. The molecule has 3 amide bonds. The van der Waals surface area contributed by atoms with Crippen LogP contribution in [0.5, 0.6) is 0 Å². The van der Waals surface area contributed by atoms with E-state index in [4.69, 9.17) is 9.15 Å². The van der Waals surface area contributed by atoms with Crippen molar-refractivity contribution in [2.24, 2.45) is 0 Å². The summed E-state index contributed by atoms with van der Waals surface area (Å²) in [5, 5.41) is 5.36. The Labute approximate surface area is 189 Å². The number of fused-ring (bicyclic) bond motifs is 1. The van der Waals surface area contributed by atoms with Crippen molar-refractivity contribution in [2.75, 3.05) is 28.8 Å². The van der Waals surface area contributed by atoms with E-state index in [2.05, 4.69) is 10.6 Å². The van der Waals surface area contributed by atoms with Gasteiger partial charge in [0.25, 0.3) is 11.8 Å². The van der Waals surface area contributed by atoms with Crippen LogP contribution < -0.4 is 15.5 Å². The number of carbonyl (C=O) groups excluding carboxylic acids is 4. The van der Waals surface area contributed by atoms with Gasteiger partial charge < -0.3 is 19.8 Å². The van der Waals surface area contributed by atoms with Gasteiger partial charge in [-0.3, -0.25) is 19.3 Å². The van der Waals surface area contributed by atoms with Crippen molar-refractivity contribution in [3.05, 3.63) is 48.4 Å². The zero-order chi connectivity index (χ0) is 23.3. The SMILES string of the molecule is CSCC[C@H](NC(=O)c1ccco1)C(=O)OCC(=O)N1c2ccccc2NC(=O)C1(C)C. The molecule has 1 aromatic carbocycles. The molecule has 2 N–H and O–H groups in total. The van der Waals surface area contributed by atoms with Gasteiger partial charge in [0.15, 0.2) is 12.4 Å². The Hall–Kier alpha value is -3.27.